The van der Waals surface area contributed by atoms with E-state index in [0.29, 0.717) is 11.7 Å². The molecule has 0 N–H and O–H groups in total. The first-order chi connectivity index (χ1) is 14.5. The number of sulfone groups is 1. The topological polar surface area (TPSA) is 46.6 Å². The molecule has 0 aromatic heterocycles. The van der Waals surface area contributed by atoms with Gasteiger partial charge in [0, 0.05) is 18.8 Å². The van der Waals surface area contributed by atoms with Gasteiger partial charge in [-0.15, -0.1) is 0 Å². The zero-order valence-corrected chi connectivity index (χ0v) is 21.3. The standard InChI is InChI=1S/C26H43NO3S/c1-18(2)31(28,29)17-24-10-7-23(8-11-24)9-12-25-13-19(3)26(20(4)14-25)27-15-21(5)30-22(6)16-27/h13-14,18,21-24H,7-12,15-17H2,1-6H3/t21-,22+,23?,24?. The molecule has 176 valence electrons. The van der Waals surface area contributed by atoms with E-state index in [0.717, 1.165) is 38.3 Å². The Morgan fingerprint density at radius 1 is 0.968 bits per heavy atom. The predicted octanol–water partition coefficient (Wildman–Crippen LogP) is 5.48. The van der Waals surface area contributed by atoms with E-state index in [9.17, 15) is 8.42 Å². The predicted molar refractivity (Wildman–Crippen MR) is 131 cm³/mol. The lowest BCUT2D eigenvalue weighted by atomic mass is 9.80. The van der Waals surface area contributed by atoms with Gasteiger partial charge in [-0.3, -0.25) is 0 Å². The molecular formula is C26H43NO3S. The highest BCUT2D eigenvalue weighted by Crippen LogP contribution is 2.34. The van der Waals surface area contributed by atoms with E-state index in [2.05, 4.69) is 44.7 Å². The summed E-state index contributed by atoms with van der Waals surface area (Å²) in [6.45, 7) is 14.3. The van der Waals surface area contributed by atoms with E-state index >= 15 is 0 Å². The minimum Gasteiger partial charge on any atom is -0.372 e. The molecule has 31 heavy (non-hydrogen) atoms. The molecule has 3 rings (SSSR count). The highest BCUT2D eigenvalue weighted by atomic mass is 32.2. The second-order valence-electron chi connectivity index (χ2n) is 10.5. The Morgan fingerprint density at radius 2 is 1.48 bits per heavy atom. The third-order valence-electron chi connectivity index (χ3n) is 7.28. The molecule has 2 fully saturated rings. The first-order valence-electron chi connectivity index (χ1n) is 12.3. The average molecular weight is 450 g/mol. The van der Waals surface area contributed by atoms with Crippen LogP contribution in [0, 0.1) is 25.7 Å². The van der Waals surface area contributed by atoms with Crippen molar-refractivity contribution in [2.24, 2.45) is 11.8 Å². The number of morpholine rings is 1. The molecule has 1 saturated carbocycles. The summed E-state index contributed by atoms with van der Waals surface area (Å²) in [6.07, 6.45) is 7.38. The maximum Gasteiger partial charge on any atom is 0.152 e. The zero-order valence-electron chi connectivity index (χ0n) is 20.5. The summed E-state index contributed by atoms with van der Waals surface area (Å²) in [4.78, 5) is 2.50. The fourth-order valence-electron chi connectivity index (χ4n) is 5.63. The highest BCUT2D eigenvalue weighted by molar-refractivity contribution is 7.91. The Balaban J connectivity index is 1.54. The van der Waals surface area contributed by atoms with Gasteiger partial charge in [-0.05, 0) is 95.8 Å². The Morgan fingerprint density at radius 3 is 2.00 bits per heavy atom. The lowest BCUT2D eigenvalue weighted by Crippen LogP contribution is -2.46. The van der Waals surface area contributed by atoms with Gasteiger partial charge in [0.05, 0.1) is 23.2 Å². The summed E-state index contributed by atoms with van der Waals surface area (Å²) >= 11 is 0. The van der Waals surface area contributed by atoms with Crippen LogP contribution in [0.2, 0.25) is 0 Å². The third-order valence-corrected chi connectivity index (χ3v) is 9.65. The van der Waals surface area contributed by atoms with E-state index in [1.54, 1.807) is 13.8 Å². The Labute approximate surface area is 190 Å². The van der Waals surface area contributed by atoms with Gasteiger partial charge in [-0.2, -0.15) is 0 Å². The molecular weight excluding hydrogens is 406 g/mol. The first-order valence-corrected chi connectivity index (χ1v) is 14.0. The number of nitrogens with zero attached hydrogens (tertiary/aromatic N) is 1. The Bertz CT molecular complexity index is 807. The van der Waals surface area contributed by atoms with Crippen molar-refractivity contribution in [2.45, 2.75) is 97.5 Å². The van der Waals surface area contributed by atoms with Crippen LogP contribution >= 0.6 is 0 Å². The van der Waals surface area contributed by atoms with E-state index in [1.807, 2.05) is 0 Å². The van der Waals surface area contributed by atoms with Gasteiger partial charge < -0.3 is 9.64 Å². The van der Waals surface area contributed by atoms with Crippen molar-refractivity contribution >= 4 is 15.5 Å². The molecule has 1 saturated heterocycles. The third kappa shape index (κ3) is 6.47. The van der Waals surface area contributed by atoms with Crippen LogP contribution in [0.1, 0.15) is 76.5 Å². The van der Waals surface area contributed by atoms with Gasteiger partial charge in [0.15, 0.2) is 9.84 Å². The van der Waals surface area contributed by atoms with Crippen molar-refractivity contribution in [2.75, 3.05) is 23.7 Å². The summed E-state index contributed by atoms with van der Waals surface area (Å²) in [6, 6.07) is 4.77. The van der Waals surface area contributed by atoms with Crippen LogP contribution in [0.5, 0.6) is 0 Å². The van der Waals surface area contributed by atoms with E-state index in [1.165, 1.54) is 41.6 Å². The smallest absolute Gasteiger partial charge is 0.152 e. The lowest BCUT2D eigenvalue weighted by Gasteiger charge is -2.38. The number of aryl methyl sites for hydroxylation is 3. The second-order valence-corrected chi connectivity index (χ2v) is 13.1. The number of anilines is 1. The first kappa shape index (κ1) is 24.6. The minimum atomic E-state index is -2.91. The van der Waals surface area contributed by atoms with Crippen molar-refractivity contribution < 1.29 is 13.2 Å². The summed E-state index contributed by atoms with van der Waals surface area (Å²) in [5.41, 5.74) is 5.58. The molecule has 0 amide bonds. The van der Waals surface area contributed by atoms with Crippen LogP contribution < -0.4 is 4.90 Å². The van der Waals surface area contributed by atoms with Crippen molar-refractivity contribution in [1.82, 2.24) is 0 Å². The van der Waals surface area contributed by atoms with E-state index in [-0.39, 0.29) is 17.5 Å². The average Bonchev–Trinajstić information content (AvgIpc) is 2.66. The molecule has 1 heterocycles. The molecule has 2 atom stereocenters. The number of rotatable bonds is 7. The largest absolute Gasteiger partial charge is 0.372 e. The van der Waals surface area contributed by atoms with Crippen LogP contribution in [0.25, 0.3) is 0 Å². The molecule has 0 unspecified atom stereocenters. The Hall–Kier alpha value is -1.07. The lowest BCUT2D eigenvalue weighted by molar-refractivity contribution is -0.00527. The second kappa shape index (κ2) is 10.2. The van der Waals surface area contributed by atoms with Gasteiger partial charge in [0.1, 0.15) is 0 Å². The van der Waals surface area contributed by atoms with E-state index < -0.39 is 9.84 Å². The zero-order chi connectivity index (χ0) is 22.8. The van der Waals surface area contributed by atoms with Gasteiger partial charge in [-0.1, -0.05) is 25.0 Å². The number of ether oxygens (including phenoxy) is 1. The molecule has 5 heteroatoms. The molecule has 1 aromatic carbocycles. The SMILES string of the molecule is Cc1cc(CCC2CCC(CS(=O)(=O)C(C)C)CC2)cc(C)c1N1C[C@@H](C)O[C@@H](C)C1. The monoisotopic (exact) mass is 449 g/mol. The van der Waals surface area contributed by atoms with Crippen LogP contribution in [0.15, 0.2) is 12.1 Å². The van der Waals surface area contributed by atoms with Crippen molar-refractivity contribution in [3.05, 3.63) is 28.8 Å². The summed E-state index contributed by atoms with van der Waals surface area (Å²) < 4.78 is 30.4. The summed E-state index contributed by atoms with van der Waals surface area (Å²) in [7, 11) is -2.91. The quantitative estimate of drug-likeness (QED) is 0.553. The molecule has 0 bridgehead atoms. The number of hydrogen-bond acceptors (Lipinski definition) is 4. The molecule has 1 aromatic rings. The van der Waals surface area contributed by atoms with Crippen molar-refractivity contribution in [1.29, 1.82) is 0 Å². The van der Waals surface area contributed by atoms with Crippen LogP contribution in [-0.2, 0) is 21.0 Å². The molecule has 2 aliphatic rings. The molecule has 1 aliphatic carbocycles. The van der Waals surface area contributed by atoms with Crippen LogP contribution in [-0.4, -0.2) is 44.7 Å². The Kier molecular flexibility index (Phi) is 8.12. The van der Waals surface area contributed by atoms with Crippen LogP contribution in [0.3, 0.4) is 0 Å². The molecule has 1 aliphatic heterocycles. The molecule has 4 nitrogen and oxygen atoms in total. The van der Waals surface area contributed by atoms with Gasteiger partial charge in [0.2, 0.25) is 0 Å². The summed E-state index contributed by atoms with van der Waals surface area (Å²) in [5.74, 6) is 1.49. The van der Waals surface area contributed by atoms with Crippen molar-refractivity contribution in [3.8, 4) is 0 Å². The number of benzene rings is 1. The summed E-state index contributed by atoms with van der Waals surface area (Å²) in [5, 5.41) is -0.247. The maximum absolute atomic E-state index is 12.2. The van der Waals surface area contributed by atoms with Crippen LogP contribution in [0.4, 0.5) is 5.69 Å². The van der Waals surface area contributed by atoms with Gasteiger partial charge in [0.25, 0.3) is 0 Å². The fraction of sp³-hybridized carbons (Fsp3) is 0.769. The fourth-order valence-corrected chi connectivity index (χ4v) is 7.00. The van der Waals surface area contributed by atoms with E-state index in [4.69, 9.17) is 4.74 Å². The van der Waals surface area contributed by atoms with Gasteiger partial charge in [-0.25, -0.2) is 8.42 Å². The maximum atomic E-state index is 12.2. The molecule has 0 radical (unpaired) electrons. The van der Waals surface area contributed by atoms with Crippen molar-refractivity contribution in [3.63, 3.8) is 0 Å². The van der Waals surface area contributed by atoms with Gasteiger partial charge >= 0.3 is 0 Å². The normalized spacial score (nSPS) is 27.6. The highest BCUT2D eigenvalue weighted by Gasteiger charge is 2.28. The number of hydrogen-bond donors (Lipinski definition) is 0. The minimum absolute atomic E-state index is 0.247. The molecule has 0 spiro atoms.